The molecule has 0 aliphatic carbocycles. The number of fused-ring (bicyclic) bond motifs is 1. The first-order chi connectivity index (χ1) is 6.72. The number of hydrogen-bond acceptors (Lipinski definition) is 2. The van der Waals surface area contributed by atoms with Crippen LogP contribution in [0.25, 0.3) is 0 Å². The third-order valence-electron chi connectivity index (χ3n) is 2.41. The van der Waals surface area contributed by atoms with Gasteiger partial charge in [0.05, 0.1) is 5.69 Å². The lowest BCUT2D eigenvalue weighted by molar-refractivity contribution is -0.122. The Balaban J connectivity index is 2.46. The monoisotopic (exact) mass is 191 g/mol. The molecular formula is C11H13NO2. The van der Waals surface area contributed by atoms with E-state index in [4.69, 9.17) is 4.74 Å². The van der Waals surface area contributed by atoms with E-state index in [1.807, 2.05) is 18.2 Å². The number of amides is 1. The number of hydrogen-bond donors (Lipinski definition) is 1. The van der Waals surface area contributed by atoms with Crippen LogP contribution in [0.3, 0.4) is 0 Å². The summed E-state index contributed by atoms with van der Waals surface area (Å²) in [6, 6.07) is 5.82. The summed E-state index contributed by atoms with van der Waals surface area (Å²) >= 11 is 0. The summed E-state index contributed by atoms with van der Waals surface area (Å²) in [5, 5.41) is 2.87. The van der Waals surface area contributed by atoms with E-state index in [-0.39, 0.29) is 5.91 Å². The molecule has 3 nitrogen and oxygen atoms in total. The normalized spacial score (nSPS) is 19.6. The zero-order valence-corrected chi connectivity index (χ0v) is 8.33. The van der Waals surface area contributed by atoms with Crippen molar-refractivity contribution in [2.24, 2.45) is 0 Å². The average Bonchev–Trinajstić information content (AvgIpc) is 2.19. The maximum absolute atomic E-state index is 11.4. The molecule has 1 amide bonds. The van der Waals surface area contributed by atoms with E-state index in [0.717, 1.165) is 23.4 Å². The molecule has 1 aliphatic rings. The zero-order chi connectivity index (χ0) is 10.1. The van der Waals surface area contributed by atoms with Crippen LogP contribution in [0.5, 0.6) is 5.75 Å². The van der Waals surface area contributed by atoms with Gasteiger partial charge in [-0.3, -0.25) is 4.79 Å². The van der Waals surface area contributed by atoms with Gasteiger partial charge in [0.15, 0.2) is 6.10 Å². The molecular weight excluding hydrogens is 178 g/mol. The van der Waals surface area contributed by atoms with Gasteiger partial charge < -0.3 is 10.1 Å². The molecule has 1 N–H and O–H groups in total. The van der Waals surface area contributed by atoms with Crippen LogP contribution in [0, 0.1) is 0 Å². The predicted molar refractivity (Wildman–Crippen MR) is 54.5 cm³/mol. The quantitative estimate of drug-likeness (QED) is 0.737. The Kier molecular flexibility index (Phi) is 2.15. The molecule has 1 aromatic carbocycles. The van der Waals surface area contributed by atoms with E-state index in [0.29, 0.717) is 0 Å². The molecule has 14 heavy (non-hydrogen) atoms. The van der Waals surface area contributed by atoms with Gasteiger partial charge in [-0.1, -0.05) is 19.1 Å². The minimum absolute atomic E-state index is 0.0709. The molecule has 0 fully saturated rings. The highest BCUT2D eigenvalue weighted by atomic mass is 16.5. The molecule has 3 heteroatoms. The summed E-state index contributed by atoms with van der Waals surface area (Å²) in [6.45, 7) is 3.80. The Morgan fingerprint density at radius 3 is 3.00 bits per heavy atom. The van der Waals surface area contributed by atoms with Gasteiger partial charge in [0, 0.05) is 0 Å². The number of para-hydroxylation sites is 1. The summed E-state index contributed by atoms with van der Waals surface area (Å²) in [6.07, 6.45) is 0.496. The summed E-state index contributed by atoms with van der Waals surface area (Å²) in [5.74, 6) is 0.704. The predicted octanol–water partition coefficient (Wildman–Crippen LogP) is 1.97. The summed E-state index contributed by atoms with van der Waals surface area (Å²) in [7, 11) is 0. The van der Waals surface area contributed by atoms with Crippen LogP contribution < -0.4 is 10.1 Å². The molecule has 0 aromatic heterocycles. The smallest absolute Gasteiger partial charge is 0.265 e. The molecule has 1 unspecified atom stereocenters. The largest absolute Gasteiger partial charge is 0.479 e. The molecule has 0 saturated heterocycles. The number of benzene rings is 1. The number of rotatable bonds is 1. The number of anilines is 1. The second-order valence-corrected chi connectivity index (χ2v) is 3.39. The molecule has 1 aliphatic heterocycles. The third-order valence-corrected chi connectivity index (χ3v) is 2.41. The van der Waals surface area contributed by atoms with E-state index < -0.39 is 6.10 Å². The van der Waals surface area contributed by atoms with Crippen molar-refractivity contribution >= 4 is 11.6 Å². The van der Waals surface area contributed by atoms with Crippen molar-refractivity contribution in [3.63, 3.8) is 0 Å². The maximum Gasteiger partial charge on any atom is 0.265 e. The van der Waals surface area contributed by atoms with Gasteiger partial charge in [0.1, 0.15) is 5.75 Å². The summed E-state index contributed by atoms with van der Waals surface area (Å²) < 4.78 is 5.47. The summed E-state index contributed by atoms with van der Waals surface area (Å²) in [5.41, 5.74) is 1.95. The van der Waals surface area contributed by atoms with Gasteiger partial charge in [-0.15, -0.1) is 0 Å². The van der Waals surface area contributed by atoms with Crippen LogP contribution >= 0.6 is 0 Å². The van der Waals surface area contributed by atoms with E-state index in [9.17, 15) is 4.79 Å². The van der Waals surface area contributed by atoms with Crippen LogP contribution in [0.4, 0.5) is 5.69 Å². The Morgan fingerprint density at radius 1 is 1.50 bits per heavy atom. The minimum atomic E-state index is -0.394. The molecule has 1 atom stereocenters. The molecule has 0 saturated carbocycles. The number of carbonyl (C=O) groups excluding carboxylic acids is 1. The molecule has 0 spiro atoms. The van der Waals surface area contributed by atoms with Crippen LogP contribution in [-0.4, -0.2) is 12.0 Å². The Bertz CT molecular complexity index is 374. The van der Waals surface area contributed by atoms with Gasteiger partial charge in [-0.25, -0.2) is 0 Å². The van der Waals surface area contributed by atoms with Crippen LogP contribution in [-0.2, 0) is 11.2 Å². The van der Waals surface area contributed by atoms with Gasteiger partial charge in [0.25, 0.3) is 5.91 Å². The van der Waals surface area contributed by atoms with E-state index >= 15 is 0 Å². The number of aryl methyl sites for hydroxylation is 1. The fraction of sp³-hybridized carbons (Fsp3) is 0.364. The van der Waals surface area contributed by atoms with Crippen LogP contribution in [0.15, 0.2) is 18.2 Å². The second-order valence-electron chi connectivity index (χ2n) is 3.39. The highest BCUT2D eigenvalue weighted by Gasteiger charge is 2.24. The SMILES string of the molecule is CCc1cccc2c1NC(=O)C(C)O2. The lowest BCUT2D eigenvalue weighted by Crippen LogP contribution is -2.34. The first-order valence-corrected chi connectivity index (χ1v) is 4.81. The lowest BCUT2D eigenvalue weighted by atomic mass is 10.1. The van der Waals surface area contributed by atoms with Crippen molar-refractivity contribution in [1.82, 2.24) is 0 Å². The molecule has 0 bridgehead atoms. The Labute approximate surface area is 83.1 Å². The van der Waals surface area contributed by atoms with E-state index in [1.165, 1.54) is 0 Å². The Morgan fingerprint density at radius 2 is 2.29 bits per heavy atom. The van der Waals surface area contributed by atoms with Gasteiger partial charge in [-0.05, 0) is 25.0 Å². The first kappa shape index (κ1) is 9.06. The van der Waals surface area contributed by atoms with Crippen LogP contribution in [0.1, 0.15) is 19.4 Å². The highest BCUT2D eigenvalue weighted by molar-refractivity contribution is 5.98. The number of ether oxygens (including phenoxy) is 1. The average molecular weight is 191 g/mol. The van der Waals surface area contributed by atoms with Gasteiger partial charge in [-0.2, -0.15) is 0 Å². The standard InChI is InChI=1S/C11H13NO2/c1-3-8-5-4-6-9-10(8)12-11(13)7(2)14-9/h4-7H,3H2,1-2H3,(H,12,13). The third kappa shape index (κ3) is 1.35. The van der Waals surface area contributed by atoms with Crippen molar-refractivity contribution in [2.75, 3.05) is 5.32 Å². The number of carbonyl (C=O) groups is 1. The summed E-state index contributed by atoms with van der Waals surface area (Å²) in [4.78, 5) is 11.4. The molecule has 0 radical (unpaired) electrons. The van der Waals surface area contributed by atoms with Crippen molar-refractivity contribution in [3.05, 3.63) is 23.8 Å². The van der Waals surface area contributed by atoms with E-state index in [2.05, 4.69) is 12.2 Å². The topological polar surface area (TPSA) is 38.3 Å². The lowest BCUT2D eigenvalue weighted by Gasteiger charge is -2.24. The van der Waals surface area contributed by atoms with Crippen molar-refractivity contribution in [3.8, 4) is 5.75 Å². The Hall–Kier alpha value is -1.51. The molecule has 2 rings (SSSR count). The second kappa shape index (κ2) is 3.33. The first-order valence-electron chi connectivity index (χ1n) is 4.81. The van der Waals surface area contributed by atoms with Crippen LogP contribution in [0.2, 0.25) is 0 Å². The zero-order valence-electron chi connectivity index (χ0n) is 8.33. The van der Waals surface area contributed by atoms with Gasteiger partial charge in [0.2, 0.25) is 0 Å². The number of nitrogens with one attached hydrogen (secondary N) is 1. The van der Waals surface area contributed by atoms with Crippen molar-refractivity contribution < 1.29 is 9.53 Å². The fourth-order valence-electron chi connectivity index (χ4n) is 1.58. The molecule has 1 heterocycles. The van der Waals surface area contributed by atoms with Gasteiger partial charge >= 0.3 is 0 Å². The highest BCUT2D eigenvalue weighted by Crippen LogP contribution is 2.32. The maximum atomic E-state index is 11.4. The van der Waals surface area contributed by atoms with Crippen molar-refractivity contribution in [1.29, 1.82) is 0 Å². The van der Waals surface area contributed by atoms with Crippen molar-refractivity contribution in [2.45, 2.75) is 26.4 Å². The molecule has 1 aromatic rings. The molecule has 74 valence electrons. The fourth-order valence-corrected chi connectivity index (χ4v) is 1.58. The minimum Gasteiger partial charge on any atom is -0.479 e. The van der Waals surface area contributed by atoms with E-state index in [1.54, 1.807) is 6.92 Å².